The van der Waals surface area contributed by atoms with Crippen LogP contribution in [0.15, 0.2) is 48.5 Å². The van der Waals surface area contributed by atoms with E-state index in [1.54, 1.807) is 16.9 Å². The molecule has 2 heterocycles. The van der Waals surface area contributed by atoms with E-state index < -0.39 is 29.8 Å². The Hall–Kier alpha value is -3.38. The van der Waals surface area contributed by atoms with Gasteiger partial charge in [0, 0.05) is 38.7 Å². The number of halogens is 2. The fourth-order valence-electron chi connectivity index (χ4n) is 4.36. The smallest absolute Gasteiger partial charge is 0.320 e. The van der Waals surface area contributed by atoms with Crippen LogP contribution in [0.2, 0.25) is 0 Å². The van der Waals surface area contributed by atoms with E-state index in [0.717, 1.165) is 42.0 Å². The van der Waals surface area contributed by atoms with Gasteiger partial charge in [-0.05, 0) is 50.8 Å². The minimum absolute atomic E-state index is 0.339. The Balaban J connectivity index is 1.56. The summed E-state index contributed by atoms with van der Waals surface area (Å²) < 4.78 is 34.4. The SMILES string of the molecule is COCCN1C[C@@H](NC(=O)Nc2c(C)c(CCN(C)C)nn2-c2ccccc2)[C@H](c2ccc(F)c(F)c2)O1. The molecule has 1 fully saturated rings. The Bertz CT molecular complexity index is 1240. The first-order valence-electron chi connectivity index (χ1n) is 12.5. The van der Waals surface area contributed by atoms with Crippen LogP contribution in [-0.2, 0) is 16.0 Å². The molecule has 1 saturated heterocycles. The average Bonchev–Trinajstić information content (AvgIpc) is 3.44. The van der Waals surface area contributed by atoms with Gasteiger partial charge in [0.2, 0.25) is 0 Å². The number of para-hydroxylation sites is 1. The van der Waals surface area contributed by atoms with Gasteiger partial charge < -0.3 is 15.0 Å². The summed E-state index contributed by atoms with van der Waals surface area (Å²) in [6, 6.07) is 12.2. The molecule has 0 bridgehead atoms. The van der Waals surface area contributed by atoms with Crippen molar-refractivity contribution in [3.05, 3.63) is 77.0 Å². The fraction of sp³-hybridized carbons (Fsp3) is 0.407. The monoisotopic (exact) mass is 528 g/mol. The van der Waals surface area contributed by atoms with Gasteiger partial charge in [-0.3, -0.25) is 10.2 Å². The van der Waals surface area contributed by atoms with Crippen LogP contribution >= 0.6 is 0 Å². The van der Waals surface area contributed by atoms with Gasteiger partial charge in [0.1, 0.15) is 11.9 Å². The second kappa shape index (κ2) is 12.4. The van der Waals surface area contributed by atoms with E-state index >= 15 is 0 Å². The lowest BCUT2D eigenvalue weighted by molar-refractivity contribution is -0.154. The largest absolute Gasteiger partial charge is 0.383 e. The van der Waals surface area contributed by atoms with E-state index in [9.17, 15) is 13.6 Å². The van der Waals surface area contributed by atoms with E-state index in [1.165, 1.54) is 6.07 Å². The third kappa shape index (κ3) is 6.54. The minimum atomic E-state index is -0.975. The molecule has 1 aliphatic heterocycles. The molecule has 2 atom stereocenters. The van der Waals surface area contributed by atoms with E-state index in [2.05, 4.69) is 15.5 Å². The summed E-state index contributed by atoms with van der Waals surface area (Å²) in [5.74, 6) is -1.36. The van der Waals surface area contributed by atoms with Crippen molar-refractivity contribution >= 4 is 11.8 Å². The number of methoxy groups -OCH3 is 1. The van der Waals surface area contributed by atoms with Crippen LogP contribution in [-0.4, -0.2) is 79.3 Å². The molecule has 2 amide bonds. The number of amides is 2. The van der Waals surface area contributed by atoms with Gasteiger partial charge in [-0.15, -0.1) is 0 Å². The van der Waals surface area contributed by atoms with Gasteiger partial charge in [-0.2, -0.15) is 10.2 Å². The van der Waals surface area contributed by atoms with Crippen LogP contribution in [0.25, 0.3) is 5.69 Å². The minimum Gasteiger partial charge on any atom is -0.383 e. The quantitative estimate of drug-likeness (QED) is 0.418. The number of urea groups is 1. The summed E-state index contributed by atoms with van der Waals surface area (Å²) >= 11 is 0. The number of carbonyl (C=O) groups excluding carboxylic acids is 1. The molecule has 0 saturated carbocycles. The fourth-order valence-corrected chi connectivity index (χ4v) is 4.36. The number of hydrogen-bond donors (Lipinski definition) is 2. The number of rotatable bonds is 10. The predicted molar refractivity (Wildman–Crippen MR) is 140 cm³/mol. The average molecular weight is 529 g/mol. The van der Waals surface area contributed by atoms with Crippen molar-refractivity contribution in [2.24, 2.45) is 0 Å². The maximum absolute atomic E-state index is 14.0. The zero-order valence-electron chi connectivity index (χ0n) is 22.1. The molecule has 3 aromatic rings. The molecule has 2 aromatic carbocycles. The Labute approximate surface area is 221 Å². The number of hydrogen-bond acceptors (Lipinski definition) is 6. The van der Waals surface area contributed by atoms with Crippen LogP contribution in [0, 0.1) is 18.6 Å². The number of ether oxygens (including phenoxy) is 1. The van der Waals surface area contributed by atoms with E-state index in [-0.39, 0.29) is 0 Å². The highest BCUT2D eigenvalue weighted by atomic mass is 19.2. The van der Waals surface area contributed by atoms with Gasteiger partial charge in [0.25, 0.3) is 0 Å². The van der Waals surface area contributed by atoms with E-state index in [4.69, 9.17) is 14.7 Å². The number of anilines is 1. The summed E-state index contributed by atoms with van der Waals surface area (Å²) in [5, 5.41) is 12.4. The maximum atomic E-state index is 14.0. The Kier molecular flexibility index (Phi) is 9.05. The molecule has 1 aliphatic rings. The van der Waals surface area contributed by atoms with E-state index in [0.29, 0.717) is 31.1 Å². The van der Waals surface area contributed by atoms with Crippen LogP contribution in [0.5, 0.6) is 0 Å². The van der Waals surface area contributed by atoms with Gasteiger partial charge in [-0.1, -0.05) is 24.3 Å². The lowest BCUT2D eigenvalue weighted by Gasteiger charge is -2.20. The first kappa shape index (κ1) is 27.6. The normalized spacial score (nSPS) is 17.8. The zero-order chi connectivity index (χ0) is 27.2. The summed E-state index contributed by atoms with van der Waals surface area (Å²) in [4.78, 5) is 21.4. The van der Waals surface area contributed by atoms with Gasteiger partial charge in [0.05, 0.1) is 24.0 Å². The number of aromatic nitrogens is 2. The third-order valence-corrected chi connectivity index (χ3v) is 6.41. The van der Waals surface area contributed by atoms with Crippen molar-refractivity contribution in [2.75, 3.05) is 52.8 Å². The highest BCUT2D eigenvalue weighted by molar-refractivity contribution is 5.90. The summed E-state index contributed by atoms with van der Waals surface area (Å²) in [5.41, 5.74) is 2.99. The van der Waals surface area contributed by atoms with Crippen molar-refractivity contribution in [1.82, 2.24) is 25.1 Å². The molecular weight excluding hydrogens is 494 g/mol. The number of carbonyl (C=O) groups is 1. The lowest BCUT2D eigenvalue weighted by atomic mass is 10.0. The zero-order valence-corrected chi connectivity index (χ0v) is 22.1. The van der Waals surface area contributed by atoms with Gasteiger partial charge in [-0.25, -0.2) is 18.3 Å². The number of nitrogens with zero attached hydrogens (tertiary/aromatic N) is 4. The Morgan fingerprint density at radius 2 is 1.95 bits per heavy atom. The molecular formula is C27H34F2N6O3. The van der Waals surface area contributed by atoms with Crippen LogP contribution in [0.1, 0.15) is 22.9 Å². The molecule has 204 valence electrons. The Morgan fingerprint density at radius 1 is 1.18 bits per heavy atom. The van der Waals surface area contributed by atoms with Crippen molar-refractivity contribution in [2.45, 2.75) is 25.5 Å². The summed E-state index contributed by atoms with van der Waals surface area (Å²) in [7, 11) is 5.58. The number of likely N-dealkylation sites (N-methyl/N-ethyl adjacent to an activating group) is 1. The molecule has 0 radical (unpaired) electrons. The van der Waals surface area contributed by atoms with E-state index in [1.807, 2.05) is 51.4 Å². The standard InChI is InChI=1S/C27H34F2N6O3/c1-18-23(12-13-33(2)3)32-35(20-8-6-5-7-9-20)26(18)31-27(36)30-24-17-34(14-15-37-4)38-25(24)19-10-11-21(28)22(29)16-19/h5-11,16,24-25H,12-15,17H2,1-4H3,(H2,30,31,36)/t24-,25+/m1/s1. The van der Waals surface area contributed by atoms with Crippen LogP contribution in [0.4, 0.5) is 19.4 Å². The molecule has 0 spiro atoms. The molecule has 0 unspecified atom stereocenters. The summed E-state index contributed by atoms with van der Waals surface area (Å²) in [6.07, 6.45) is 0.0152. The lowest BCUT2D eigenvalue weighted by Crippen LogP contribution is -2.42. The second-order valence-electron chi connectivity index (χ2n) is 9.51. The predicted octanol–water partition coefficient (Wildman–Crippen LogP) is 3.69. The van der Waals surface area contributed by atoms with Crippen molar-refractivity contribution < 1.29 is 23.1 Å². The number of hydroxylamine groups is 2. The molecule has 4 rings (SSSR count). The Morgan fingerprint density at radius 3 is 2.63 bits per heavy atom. The van der Waals surface area contributed by atoms with Gasteiger partial charge >= 0.3 is 6.03 Å². The van der Waals surface area contributed by atoms with Crippen LogP contribution in [0.3, 0.4) is 0 Å². The maximum Gasteiger partial charge on any atom is 0.320 e. The first-order chi connectivity index (χ1) is 18.3. The topological polar surface area (TPSA) is 83.9 Å². The molecule has 38 heavy (non-hydrogen) atoms. The van der Waals surface area contributed by atoms with Crippen molar-refractivity contribution in [1.29, 1.82) is 0 Å². The second-order valence-corrected chi connectivity index (χ2v) is 9.51. The molecule has 0 aliphatic carbocycles. The first-order valence-corrected chi connectivity index (χ1v) is 12.5. The molecule has 11 heteroatoms. The van der Waals surface area contributed by atoms with Crippen LogP contribution < -0.4 is 10.6 Å². The molecule has 1 aromatic heterocycles. The van der Waals surface area contributed by atoms with Crippen molar-refractivity contribution in [3.63, 3.8) is 0 Å². The number of nitrogens with one attached hydrogen (secondary N) is 2. The number of benzene rings is 2. The summed E-state index contributed by atoms with van der Waals surface area (Å²) in [6.45, 7) is 3.94. The highest BCUT2D eigenvalue weighted by Gasteiger charge is 2.37. The molecule has 2 N–H and O–H groups in total. The van der Waals surface area contributed by atoms with Crippen molar-refractivity contribution in [3.8, 4) is 5.69 Å². The van der Waals surface area contributed by atoms with Gasteiger partial charge in [0.15, 0.2) is 11.6 Å². The highest BCUT2D eigenvalue weighted by Crippen LogP contribution is 2.31. The third-order valence-electron chi connectivity index (χ3n) is 6.41. The molecule has 9 nitrogen and oxygen atoms in total.